The van der Waals surface area contributed by atoms with Gasteiger partial charge in [-0.3, -0.25) is 14.4 Å². The molecule has 3 atom stereocenters. The minimum absolute atomic E-state index is 0.0619. The second-order valence-electron chi connectivity index (χ2n) is 11.5. The summed E-state index contributed by atoms with van der Waals surface area (Å²) in [4.78, 5) is 47.9. The van der Waals surface area contributed by atoms with Crippen molar-refractivity contribution in [2.45, 2.75) is 65.1 Å². The van der Waals surface area contributed by atoms with E-state index in [9.17, 15) is 19.5 Å². The first kappa shape index (κ1) is 31.5. The summed E-state index contributed by atoms with van der Waals surface area (Å²) in [5.41, 5.74) is 3.83. The first-order valence-electron chi connectivity index (χ1n) is 14.7. The molecule has 1 saturated heterocycles. The first-order valence-corrected chi connectivity index (χ1v) is 15.5. The minimum atomic E-state index is -0.859. The van der Waals surface area contributed by atoms with Crippen LogP contribution in [0.2, 0.25) is 0 Å². The van der Waals surface area contributed by atoms with Gasteiger partial charge in [-0.1, -0.05) is 30.3 Å². The molecule has 0 unspecified atom stereocenters. The van der Waals surface area contributed by atoms with Crippen molar-refractivity contribution in [3.8, 4) is 0 Å². The van der Waals surface area contributed by atoms with Gasteiger partial charge in [-0.05, 0) is 81.8 Å². The molecule has 0 saturated carbocycles. The number of thiazole rings is 1. The third-order valence-corrected chi connectivity index (χ3v) is 8.62. The third-order valence-electron chi connectivity index (χ3n) is 7.67. The van der Waals surface area contributed by atoms with Gasteiger partial charge in [0.15, 0.2) is 5.78 Å². The maximum absolute atomic E-state index is 13.7. The van der Waals surface area contributed by atoms with E-state index in [1.807, 2.05) is 61.7 Å². The van der Waals surface area contributed by atoms with Crippen molar-refractivity contribution >= 4 is 28.9 Å². The van der Waals surface area contributed by atoms with Gasteiger partial charge in [-0.2, -0.15) is 0 Å². The molecule has 0 radical (unpaired) electrons. The van der Waals surface area contributed by atoms with Crippen LogP contribution in [0.1, 0.15) is 68.7 Å². The molecule has 1 fully saturated rings. The monoisotopic (exact) mass is 590 g/mol. The molecule has 0 spiro atoms. The average Bonchev–Trinajstić information content (AvgIpc) is 3.64. The Hall–Kier alpha value is -3.40. The summed E-state index contributed by atoms with van der Waals surface area (Å²) < 4.78 is 0. The lowest BCUT2D eigenvalue weighted by atomic mass is 9.90. The van der Waals surface area contributed by atoms with Gasteiger partial charge in [0.1, 0.15) is 11.0 Å². The van der Waals surface area contributed by atoms with Crippen LogP contribution in [0.3, 0.4) is 0 Å². The van der Waals surface area contributed by atoms with Crippen molar-refractivity contribution in [2.75, 3.05) is 26.7 Å². The zero-order valence-corrected chi connectivity index (χ0v) is 25.8. The number of hydrogen-bond donors (Lipinski definition) is 2. The van der Waals surface area contributed by atoms with E-state index < -0.39 is 12.1 Å². The van der Waals surface area contributed by atoms with Gasteiger partial charge < -0.3 is 20.2 Å². The molecule has 4 rings (SSSR count). The molecule has 2 amide bonds. The van der Waals surface area contributed by atoms with E-state index in [0.717, 1.165) is 34.7 Å². The van der Waals surface area contributed by atoms with Crippen molar-refractivity contribution in [3.63, 3.8) is 0 Å². The number of nitrogens with zero attached hydrogens (tertiary/aromatic N) is 3. The van der Waals surface area contributed by atoms with Crippen molar-refractivity contribution in [3.05, 3.63) is 86.9 Å². The highest BCUT2D eigenvalue weighted by atomic mass is 32.1. The Bertz CT molecular complexity index is 1370. The molecule has 2 N–H and O–H groups in total. The van der Waals surface area contributed by atoms with Crippen LogP contribution in [0.15, 0.2) is 53.9 Å². The van der Waals surface area contributed by atoms with Crippen LogP contribution < -0.4 is 5.32 Å². The Labute approximate surface area is 252 Å². The van der Waals surface area contributed by atoms with Crippen LogP contribution >= 0.6 is 11.3 Å². The predicted octanol–water partition coefficient (Wildman–Crippen LogP) is 4.43. The molecule has 2 heterocycles. The van der Waals surface area contributed by atoms with Crippen LogP contribution in [-0.2, 0) is 17.8 Å². The van der Waals surface area contributed by atoms with Gasteiger partial charge in [0, 0.05) is 48.8 Å². The Kier molecular flexibility index (Phi) is 11.0. The number of carbonyl (C=O) groups excluding carboxylic acids is 3. The number of ketones is 1. The molecule has 8 nitrogen and oxygen atoms in total. The van der Waals surface area contributed by atoms with E-state index in [0.29, 0.717) is 43.7 Å². The first-order chi connectivity index (χ1) is 20.1. The summed E-state index contributed by atoms with van der Waals surface area (Å²) in [5, 5.41) is 16.6. The number of aliphatic hydroxyl groups is 1. The number of aliphatic hydroxyl groups excluding tert-OH is 1. The number of benzene rings is 2. The number of aromatic nitrogens is 1. The molecule has 3 aromatic rings. The average molecular weight is 591 g/mol. The van der Waals surface area contributed by atoms with Gasteiger partial charge in [-0.15, -0.1) is 11.3 Å². The van der Waals surface area contributed by atoms with Crippen molar-refractivity contribution in [1.82, 2.24) is 20.1 Å². The normalized spacial score (nSPS) is 15.3. The van der Waals surface area contributed by atoms with Crippen molar-refractivity contribution in [2.24, 2.45) is 5.92 Å². The molecule has 0 aliphatic carbocycles. The minimum Gasteiger partial charge on any atom is -0.391 e. The lowest BCUT2D eigenvalue weighted by molar-refractivity contribution is -0.135. The van der Waals surface area contributed by atoms with Gasteiger partial charge in [0.05, 0.1) is 12.6 Å². The smallest absolute Gasteiger partial charge is 0.254 e. The molecule has 0 bridgehead atoms. The number of hydrogen-bond acceptors (Lipinski definition) is 7. The van der Waals surface area contributed by atoms with E-state index in [-0.39, 0.29) is 29.9 Å². The van der Waals surface area contributed by atoms with Crippen LogP contribution in [0.25, 0.3) is 0 Å². The van der Waals surface area contributed by atoms with Crippen LogP contribution in [-0.4, -0.2) is 76.3 Å². The second kappa shape index (κ2) is 14.7. The number of amides is 2. The molecule has 9 heteroatoms. The quantitative estimate of drug-likeness (QED) is 0.286. The van der Waals surface area contributed by atoms with Gasteiger partial charge in [0.2, 0.25) is 5.91 Å². The Morgan fingerprint density at radius 2 is 1.76 bits per heavy atom. The highest BCUT2D eigenvalue weighted by Crippen LogP contribution is 2.20. The van der Waals surface area contributed by atoms with Gasteiger partial charge in [-0.25, -0.2) is 4.98 Å². The number of likely N-dealkylation sites (tertiary alicyclic amines) is 1. The highest BCUT2D eigenvalue weighted by Gasteiger charge is 2.30. The predicted molar refractivity (Wildman–Crippen MR) is 166 cm³/mol. The maximum atomic E-state index is 13.7. The van der Waals surface area contributed by atoms with E-state index in [1.54, 1.807) is 29.8 Å². The molecule has 1 aliphatic heterocycles. The maximum Gasteiger partial charge on any atom is 0.254 e. The summed E-state index contributed by atoms with van der Waals surface area (Å²) in [7, 11) is 1.74. The highest BCUT2D eigenvalue weighted by molar-refractivity contribution is 7.09. The topological polar surface area (TPSA) is 103 Å². The standard InChI is InChI=1S/C33H42N4O4S/c1-22-14-27(18-28(15-22)32(40)36(4)20-30-35-23(2)21-42-30)29(39)17-26(16-25-10-6-5-7-11-25)19-34-31(24(3)38)33(41)37-12-8-9-13-37/h5-7,10-11,14-15,18,21,24,26,31,34,38H,8-9,12-13,16-17,19-20H2,1-4H3/t24-,26+,31-/m0/s1. The summed E-state index contributed by atoms with van der Waals surface area (Å²) in [5.74, 6) is -0.439. The van der Waals surface area contributed by atoms with Crippen LogP contribution in [0, 0.1) is 19.8 Å². The molecular formula is C33H42N4O4S. The number of nitrogens with one attached hydrogen (secondary N) is 1. The summed E-state index contributed by atoms with van der Waals surface area (Å²) in [6, 6.07) is 14.6. The fraction of sp³-hybridized carbons (Fsp3) is 0.455. The van der Waals surface area contributed by atoms with Crippen molar-refractivity contribution in [1.29, 1.82) is 0 Å². The van der Waals surface area contributed by atoms with Crippen LogP contribution in [0.5, 0.6) is 0 Å². The Morgan fingerprint density at radius 3 is 2.40 bits per heavy atom. The lowest BCUT2D eigenvalue weighted by Gasteiger charge is -2.28. The molecule has 42 heavy (non-hydrogen) atoms. The Balaban J connectivity index is 1.48. The second-order valence-corrected chi connectivity index (χ2v) is 12.4. The molecule has 2 aromatic carbocycles. The van der Waals surface area contributed by atoms with E-state index in [4.69, 9.17) is 0 Å². The molecule has 1 aromatic heterocycles. The molecular weight excluding hydrogens is 548 g/mol. The Morgan fingerprint density at radius 1 is 1.07 bits per heavy atom. The fourth-order valence-electron chi connectivity index (χ4n) is 5.47. The lowest BCUT2D eigenvalue weighted by Crippen LogP contribution is -2.52. The van der Waals surface area contributed by atoms with E-state index >= 15 is 0 Å². The largest absolute Gasteiger partial charge is 0.391 e. The van der Waals surface area contributed by atoms with Crippen LogP contribution in [0.4, 0.5) is 0 Å². The number of Topliss-reactive ketones (excluding diaryl/α,β-unsaturated/α-hetero) is 1. The van der Waals surface area contributed by atoms with Gasteiger partial charge >= 0.3 is 0 Å². The van der Waals surface area contributed by atoms with Crippen molar-refractivity contribution < 1.29 is 19.5 Å². The fourth-order valence-corrected chi connectivity index (χ4v) is 6.30. The SMILES string of the molecule is Cc1cc(C(=O)C[C@H](CN[C@H](C(=O)N2CCCC2)[C@H](C)O)Cc2ccccc2)cc(C(=O)N(C)Cc2nc(C)cs2)c1. The molecule has 1 aliphatic rings. The van der Waals surface area contributed by atoms with E-state index in [2.05, 4.69) is 10.3 Å². The van der Waals surface area contributed by atoms with Gasteiger partial charge in [0.25, 0.3) is 5.91 Å². The zero-order valence-electron chi connectivity index (χ0n) is 25.0. The molecule has 224 valence electrons. The summed E-state index contributed by atoms with van der Waals surface area (Å²) in [6.45, 7) is 7.66. The number of aryl methyl sites for hydroxylation is 2. The van der Waals surface area contributed by atoms with E-state index in [1.165, 1.54) is 11.3 Å². The zero-order chi connectivity index (χ0) is 30.2. The third kappa shape index (κ3) is 8.56. The summed E-state index contributed by atoms with van der Waals surface area (Å²) in [6.07, 6.45) is 1.96. The number of rotatable bonds is 13. The number of carbonyl (C=O) groups is 3. The summed E-state index contributed by atoms with van der Waals surface area (Å²) >= 11 is 1.52.